The monoisotopic (exact) mass is 527 g/mol. The molecule has 2 N–H and O–H groups in total. The van der Waals surface area contributed by atoms with Gasteiger partial charge in [-0.1, -0.05) is 45.0 Å². The molecule has 0 aliphatic carbocycles. The first-order chi connectivity index (χ1) is 18.1. The molecule has 2 atom stereocenters. The lowest BCUT2D eigenvalue weighted by atomic mass is 9.84. The molecule has 0 unspecified atom stereocenters. The summed E-state index contributed by atoms with van der Waals surface area (Å²) in [4.78, 5) is 22.0. The third-order valence-electron chi connectivity index (χ3n) is 6.82. The van der Waals surface area contributed by atoms with Crippen LogP contribution in [0.1, 0.15) is 51.0 Å². The molecule has 1 aromatic heterocycles. The summed E-state index contributed by atoms with van der Waals surface area (Å²) in [5.41, 5.74) is 6.86. The van der Waals surface area contributed by atoms with Gasteiger partial charge in [0.2, 0.25) is 0 Å². The average Bonchev–Trinajstić information content (AvgIpc) is 3.53. The summed E-state index contributed by atoms with van der Waals surface area (Å²) in [6, 6.07) is 11.5. The number of nitrogens with zero attached hydrogens (tertiary/aromatic N) is 4. The van der Waals surface area contributed by atoms with Gasteiger partial charge in [0.1, 0.15) is 23.6 Å². The first-order valence-electron chi connectivity index (χ1n) is 13.0. The zero-order valence-corrected chi connectivity index (χ0v) is 22.2. The van der Waals surface area contributed by atoms with E-state index >= 15 is 0 Å². The number of hydrogen-bond acceptors (Lipinski definition) is 3. The zero-order chi connectivity index (χ0) is 27.4. The fourth-order valence-electron chi connectivity index (χ4n) is 5.06. The van der Waals surface area contributed by atoms with Crippen LogP contribution in [0.4, 0.5) is 18.0 Å². The number of aromatic nitrogens is 2. The van der Waals surface area contributed by atoms with Gasteiger partial charge in [-0.15, -0.1) is 0 Å². The van der Waals surface area contributed by atoms with E-state index in [0.29, 0.717) is 35.7 Å². The van der Waals surface area contributed by atoms with Gasteiger partial charge >= 0.3 is 6.03 Å². The van der Waals surface area contributed by atoms with Gasteiger partial charge in [-0.25, -0.2) is 22.9 Å². The highest BCUT2D eigenvalue weighted by atomic mass is 19.1. The van der Waals surface area contributed by atoms with Crippen molar-refractivity contribution in [3.8, 4) is 11.3 Å². The van der Waals surface area contributed by atoms with Gasteiger partial charge in [0, 0.05) is 37.9 Å². The number of alkyl halides is 1. The number of hydrogen-bond donors (Lipinski definition) is 1. The Bertz CT molecular complexity index is 1250. The Morgan fingerprint density at radius 2 is 1.74 bits per heavy atom. The summed E-state index contributed by atoms with van der Waals surface area (Å²) in [5.74, 6) is -0.251. The molecule has 4 rings (SSSR count). The number of rotatable bonds is 8. The van der Waals surface area contributed by atoms with Crippen LogP contribution in [0.15, 0.2) is 54.7 Å². The van der Waals surface area contributed by atoms with E-state index in [2.05, 4.69) is 0 Å². The number of nitrogens with two attached hydrogens (primary N) is 1. The number of amides is 2. The van der Waals surface area contributed by atoms with E-state index in [9.17, 15) is 18.0 Å². The maximum Gasteiger partial charge on any atom is 0.320 e. The molecule has 2 heterocycles. The number of benzene rings is 2. The predicted molar refractivity (Wildman–Crippen MR) is 142 cm³/mol. The van der Waals surface area contributed by atoms with Crippen LogP contribution in [0.25, 0.3) is 11.3 Å². The lowest BCUT2D eigenvalue weighted by molar-refractivity contribution is 0.0715. The van der Waals surface area contributed by atoms with E-state index in [1.54, 1.807) is 40.3 Å². The Kier molecular flexibility index (Phi) is 8.45. The molecule has 1 aliphatic rings. The van der Waals surface area contributed by atoms with Crippen LogP contribution >= 0.6 is 0 Å². The molecule has 1 saturated heterocycles. The number of carbonyl (C=O) groups excluding carboxylic acids is 1. The quantitative estimate of drug-likeness (QED) is 0.404. The van der Waals surface area contributed by atoms with Crippen molar-refractivity contribution in [2.45, 2.75) is 52.4 Å². The van der Waals surface area contributed by atoms with Crippen molar-refractivity contribution < 1.29 is 18.0 Å². The summed E-state index contributed by atoms with van der Waals surface area (Å²) < 4.78 is 44.8. The standard InChI is InChI=1S/C29H36F3N5O/c1-29(2,3)26(37(18-24(32)16-33)28(38)35-12-4-5-13-35)27-34-25(21-9-7-11-23(31)15-21)19-36(27)17-20-8-6-10-22(30)14-20/h6-11,14-15,19,24,26H,4-5,12-13,16-18,33H2,1-3H3/t24-,26-/m0/s1. The van der Waals surface area contributed by atoms with E-state index in [-0.39, 0.29) is 31.5 Å². The molecule has 0 bridgehead atoms. The van der Waals surface area contributed by atoms with Crippen LogP contribution in [0.3, 0.4) is 0 Å². The molecule has 2 aromatic carbocycles. The normalized spacial score (nSPS) is 15.5. The van der Waals surface area contributed by atoms with Crippen molar-refractivity contribution in [3.63, 3.8) is 0 Å². The Balaban J connectivity index is 1.86. The van der Waals surface area contributed by atoms with Crippen LogP contribution in [0.5, 0.6) is 0 Å². The van der Waals surface area contributed by atoms with Crippen LogP contribution in [0.2, 0.25) is 0 Å². The first kappa shape index (κ1) is 27.7. The van der Waals surface area contributed by atoms with E-state index in [0.717, 1.165) is 12.8 Å². The summed E-state index contributed by atoms with van der Waals surface area (Å²) in [5, 5.41) is 0. The summed E-state index contributed by atoms with van der Waals surface area (Å²) in [6.07, 6.45) is 2.16. The topological polar surface area (TPSA) is 67.4 Å². The second-order valence-corrected chi connectivity index (χ2v) is 11.0. The van der Waals surface area contributed by atoms with E-state index in [1.165, 1.54) is 24.3 Å². The van der Waals surface area contributed by atoms with Gasteiger partial charge in [0.25, 0.3) is 0 Å². The van der Waals surface area contributed by atoms with Gasteiger partial charge in [-0.2, -0.15) is 0 Å². The maximum atomic E-state index is 14.9. The average molecular weight is 528 g/mol. The van der Waals surface area contributed by atoms with Gasteiger partial charge in [0.15, 0.2) is 0 Å². The van der Waals surface area contributed by atoms with E-state index in [4.69, 9.17) is 10.7 Å². The van der Waals surface area contributed by atoms with E-state index < -0.39 is 23.4 Å². The lowest BCUT2D eigenvalue weighted by Crippen LogP contribution is -2.51. The fourth-order valence-corrected chi connectivity index (χ4v) is 5.06. The lowest BCUT2D eigenvalue weighted by Gasteiger charge is -2.42. The second kappa shape index (κ2) is 11.6. The summed E-state index contributed by atoms with van der Waals surface area (Å²) >= 11 is 0. The molecule has 1 aliphatic heterocycles. The molecule has 9 heteroatoms. The summed E-state index contributed by atoms with van der Waals surface area (Å²) in [6.45, 7) is 7.00. The molecular weight excluding hydrogens is 491 g/mol. The van der Waals surface area contributed by atoms with Gasteiger partial charge in [-0.05, 0) is 48.1 Å². The van der Waals surface area contributed by atoms with Crippen molar-refractivity contribution in [1.29, 1.82) is 0 Å². The molecule has 38 heavy (non-hydrogen) atoms. The van der Waals surface area contributed by atoms with Crippen LogP contribution in [-0.2, 0) is 6.54 Å². The highest BCUT2D eigenvalue weighted by Crippen LogP contribution is 2.40. The number of carbonyl (C=O) groups is 1. The molecule has 3 aromatic rings. The third kappa shape index (κ3) is 6.38. The van der Waals surface area contributed by atoms with Crippen molar-refractivity contribution in [2.24, 2.45) is 11.1 Å². The molecule has 2 amide bonds. The Morgan fingerprint density at radius 3 is 2.34 bits per heavy atom. The highest BCUT2D eigenvalue weighted by Gasteiger charge is 2.41. The number of imidazole rings is 1. The van der Waals surface area contributed by atoms with Gasteiger partial charge < -0.3 is 20.1 Å². The predicted octanol–water partition coefficient (Wildman–Crippen LogP) is 5.78. The molecule has 0 radical (unpaired) electrons. The fraction of sp³-hybridized carbons (Fsp3) is 0.448. The Morgan fingerprint density at radius 1 is 1.08 bits per heavy atom. The molecule has 6 nitrogen and oxygen atoms in total. The van der Waals surface area contributed by atoms with Crippen LogP contribution in [0, 0.1) is 17.0 Å². The Labute approximate surface area is 222 Å². The van der Waals surface area contributed by atoms with E-state index in [1.807, 2.05) is 25.3 Å². The number of urea groups is 1. The van der Waals surface area contributed by atoms with Crippen molar-refractivity contribution >= 4 is 6.03 Å². The molecule has 0 saturated carbocycles. The Hall–Kier alpha value is -3.33. The number of halogens is 3. The van der Waals surface area contributed by atoms with Gasteiger partial charge in [0.05, 0.1) is 18.3 Å². The van der Waals surface area contributed by atoms with Crippen molar-refractivity contribution in [3.05, 3.63) is 77.8 Å². The first-order valence-corrected chi connectivity index (χ1v) is 13.0. The molecular formula is C29H36F3N5O. The number of likely N-dealkylation sites (tertiary alicyclic amines) is 1. The highest BCUT2D eigenvalue weighted by molar-refractivity contribution is 5.75. The van der Waals surface area contributed by atoms with Crippen molar-refractivity contribution in [2.75, 3.05) is 26.2 Å². The molecule has 0 spiro atoms. The minimum Gasteiger partial charge on any atom is -0.328 e. The largest absolute Gasteiger partial charge is 0.328 e. The minimum absolute atomic E-state index is 0.185. The second-order valence-electron chi connectivity index (χ2n) is 11.0. The smallest absolute Gasteiger partial charge is 0.320 e. The summed E-state index contributed by atoms with van der Waals surface area (Å²) in [7, 11) is 0. The van der Waals surface area contributed by atoms with Crippen LogP contribution < -0.4 is 5.73 Å². The SMILES string of the molecule is CC(C)(C)[C@H](c1nc(-c2cccc(F)c2)cn1Cc1cccc(F)c1)N(C[C@@H](F)CN)C(=O)N1CCCC1. The molecule has 204 valence electrons. The minimum atomic E-state index is -1.42. The molecule has 1 fully saturated rings. The third-order valence-corrected chi connectivity index (χ3v) is 6.82. The van der Waals surface area contributed by atoms with Crippen LogP contribution in [-0.4, -0.2) is 57.7 Å². The van der Waals surface area contributed by atoms with Gasteiger partial charge in [-0.3, -0.25) is 0 Å². The van der Waals surface area contributed by atoms with Crippen molar-refractivity contribution in [1.82, 2.24) is 19.4 Å². The zero-order valence-electron chi connectivity index (χ0n) is 22.2. The maximum absolute atomic E-state index is 14.9.